The zero-order valence-electron chi connectivity index (χ0n) is 17.6. The summed E-state index contributed by atoms with van der Waals surface area (Å²) in [6, 6.07) is 8.25. The van der Waals surface area contributed by atoms with Crippen LogP contribution in [0, 0.1) is 0 Å². The van der Waals surface area contributed by atoms with Crippen molar-refractivity contribution in [3.63, 3.8) is 0 Å². The second kappa shape index (κ2) is 5.63. The molecule has 1 aromatic heterocycles. The van der Waals surface area contributed by atoms with Gasteiger partial charge in [0.05, 0.1) is 22.4 Å². The molecule has 2 fully saturated rings. The Balaban J connectivity index is 1.70. The van der Waals surface area contributed by atoms with Crippen molar-refractivity contribution >= 4 is 36.2 Å². The van der Waals surface area contributed by atoms with E-state index in [1.54, 1.807) is 0 Å². The highest BCUT2D eigenvalue weighted by atomic mass is 16.7. The van der Waals surface area contributed by atoms with Crippen molar-refractivity contribution in [3.8, 4) is 0 Å². The first-order valence-electron chi connectivity index (χ1n) is 9.66. The molecule has 1 N–H and O–H groups in total. The van der Waals surface area contributed by atoms with Gasteiger partial charge in [0.15, 0.2) is 0 Å². The third-order valence-electron chi connectivity index (χ3n) is 6.72. The van der Waals surface area contributed by atoms with Crippen molar-refractivity contribution in [1.82, 2.24) is 4.98 Å². The Morgan fingerprint density at radius 3 is 1.70 bits per heavy atom. The van der Waals surface area contributed by atoms with Gasteiger partial charge in [0.1, 0.15) is 0 Å². The predicted molar refractivity (Wildman–Crippen MR) is 110 cm³/mol. The van der Waals surface area contributed by atoms with Gasteiger partial charge in [0, 0.05) is 16.6 Å². The normalized spacial score (nSPS) is 25.5. The van der Waals surface area contributed by atoms with Crippen LogP contribution in [0.1, 0.15) is 55.4 Å². The quantitative estimate of drug-likeness (QED) is 0.828. The first kappa shape index (κ1) is 19.1. The van der Waals surface area contributed by atoms with Crippen LogP contribution in [0.3, 0.4) is 0 Å². The molecule has 2 aliphatic heterocycles. The van der Waals surface area contributed by atoms with Crippen LogP contribution in [0.4, 0.5) is 0 Å². The molecule has 144 valence electrons. The van der Waals surface area contributed by atoms with Crippen molar-refractivity contribution in [3.05, 3.63) is 24.3 Å². The molecule has 3 heterocycles. The number of fused-ring (bicyclic) bond motifs is 1. The predicted octanol–water partition coefficient (Wildman–Crippen LogP) is 2.77. The van der Waals surface area contributed by atoms with Crippen LogP contribution >= 0.6 is 0 Å². The molecule has 0 bridgehead atoms. The molecule has 2 aliphatic rings. The van der Waals surface area contributed by atoms with Crippen molar-refractivity contribution in [2.75, 3.05) is 0 Å². The summed E-state index contributed by atoms with van der Waals surface area (Å²) in [7, 11) is -0.836. The van der Waals surface area contributed by atoms with Crippen molar-refractivity contribution < 1.29 is 18.6 Å². The second-order valence-corrected chi connectivity index (χ2v) is 9.71. The number of nitrogens with one attached hydrogen (secondary N) is 1. The Bertz CT molecular complexity index is 855. The minimum atomic E-state index is -0.423. The van der Waals surface area contributed by atoms with E-state index in [0.29, 0.717) is 0 Å². The highest BCUT2D eigenvalue weighted by Gasteiger charge is 2.53. The molecule has 5 nitrogen and oxygen atoms in total. The molecule has 7 heteroatoms. The van der Waals surface area contributed by atoms with Gasteiger partial charge >= 0.3 is 14.2 Å². The molecule has 0 saturated carbocycles. The average Bonchev–Trinajstić information content (AvgIpc) is 3.10. The van der Waals surface area contributed by atoms with Crippen molar-refractivity contribution in [2.24, 2.45) is 0 Å². The lowest BCUT2D eigenvalue weighted by Crippen LogP contribution is -2.41. The summed E-state index contributed by atoms with van der Waals surface area (Å²) in [6.07, 6.45) is 0. The third-order valence-corrected chi connectivity index (χ3v) is 6.72. The lowest BCUT2D eigenvalue weighted by Gasteiger charge is -2.32. The fourth-order valence-electron chi connectivity index (χ4n) is 3.46. The van der Waals surface area contributed by atoms with Gasteiger partial charge in [0.2, 0.25) is 0 Å². The van der Waals surface area contributed by atoms with Crippen LogP contribution < -0.4 is 11.1 Å². The summed E-state index contributed by atoms with van der Waals surface area (Å²) in [4.78, 5) is 3.50. The van der Waals surface area contributed by atoms with E-state index in [9.17, 15) is 0 Å². The first-order chi connectivity index (χ1) is 12.3. The number of H-pyrrole nitrogens is 1. The summed E-state index contributed by atoms with van der Waals surface area (Å²) in [5, 5.41) is 1.09. The molecule has 1 aromatic carbocycles. The molecule has 0 unspecified atom stereocenters. The molecule has 27 heavy (non-hydrogen) atoms. The summed E-state index contributed by atoms with van der Waals surface area (Å²) in [5.41, 5.74) is 1.41. The van der Waals surface area contributed by atoms with E-state index < -0.39 is 14.2 Å². The molecule has 2 aromatic rings. The number of rotatable bonds is 2. The van der Waals surface area contributed by atoms with Crippen LogP contribution in [0.5, 0.6) is 0 Å². The topological polar surface area (TPSA) is 52.7 Å². The van der Waals surface area contributed by atoms with Crippen LogP contribution in [0.15, 0.2) is 24.3 Å². The molecule has 0 spiro atoms. The Hall–Kier alpha value is -1.27. The van der Waals surface area contributed by atoms with E-state index in [-0.39, 0.29) is 22.4 Å². The lowest BCUT2D eigenvalue weighted by molar-refractivity contribution is 0.00578. The summed E-state index contributed by atoms with van der Waals surface area (Å²) in [5.74, 6) is 0. The fraction of sp³-hybridized carbons (Fsp3) is 0.600. The van der Waals surface area contributed by atoms with Gasteiger partial charge in [-0.05, 0) is 66.8 Å². The molecular weight excluding hydrogens is 340 g/mol. The van der Waals surface area contributed by atoms with Gasteiger partial charge < -0.3 is 23.6 Å². The second-order valence-electron chi connectivity index (χ2n) is 9.71. The monoisotopic (exact) mass is 369 g/mol. The Morgan fingerprint density at radius 2 is 1.19 bits per heavy atom. The number of hydrogen-bond acceptors (Lipinski definition) is 4. The van der Waals surface area contributed by atoms with Crippen molar-refractivity contribution in [1.29, 1.82) is 0 Å². The van der Waals surface area contributed by atoms with E-state index in [4.69, 9.17) is 18.6 Å². The Kier molecular flexibility index (Phi) is 3.98. The molecular formula is C20H29B2NO4. The van der Waals surface area contributed by atoms with Gasteiger partial charge in [0.25, 0.3) is 0 Å². The maximum atomic E-state index is 6.25. The largest absolute Gasteiger partial charge is 0.512 e. The highest BCUT2D eigenvalue weighted by molar-refractivity contribution is 6.66. The SMILES string of the molecule is CC1(C)OB(c2cc3cccc(B4OC(C)(C)C(C)(C)O4)c3[nH]2)OC1(C)C. The van der Waals surface area contributed by atoms with Crippen LogP contribution in [-0.2, 0) is 18.6 Å². The van der Waals surface area contributed by atoms with E-state index in [0.717, 1.165) is 22.0 Å². The number of benzene rings is 1. The number of aromatic nitrogens is 1. The third kappa shape index (κ3) is 2.87. The Labute approximate surface area is 162 Å². The van der Waals surface area contributed by atoms with E-state index in [1.165, 1.54) is 0 Å². The maximum absolute atomic E-state index is 6.25. The minimum absolute atomic E-state index is 0.372. The zero-order chi connectivity index (χ0) is 19.8. The molecule has 0 amide bonds. The average molecular weight is 369 g/mol. The maximum Gasteiger partial charge on any atom is 0.512 e. The van der Waals surface area contributed by atoms with Gasteiger partial charge in [-0.25, -0.2) is 0 Å². The van der Waals surface area contributed by atoms with E-state index >= 15 is 0 Å². The van der Waals surface area contributed by atoms with Crippen LogP contribution in [0.25, 0.3) is 10.9 Å². The van der Waals surface area contributed by atoms with Crippen LogP contribution in [0.2, 0.25) is 0 Å². The molecule has 0 radical (unpaired) electrons. The first-order valence-corrected chi connectivity index (χ1v) is 9.66. The van der Waals surface area contributed by atoms with Gasteiger partial charge in [-0.2, -0.15) is 0 Å². The highest BCUT2D eigenvalue weighted by Crippen LogP contribution is 2.38. The molecule has 4 rings (SSSR count). The smallest absolute Gasteiger partial charge is 0.399 e. The van der Waals surface area contributed by atoms with Crippen molar-refractivity contribution in [2.45, 2.75) is 77.8 Å². The van der Waals surface area contributed by atoms with E-state index in [2.05, 4.69) is 78.6 Å². The van der Waals surface area contributed by atoms with Gasteiger partial charge in [-0.3, -0.25) is 0 Å². The number of para-hydroxylation sites is 1. The minimum Gasteiger partial charge on any atom is -0.399 e. The van der Waals surface area contributed by atoms with Crippen LogP contribution in [-0.4, -0.2) is 41.6 Å². The number of hydrogen-bond donors (Lipinski definition) is 1. The molecule has 2 saturated heterocycles. The zero-order valence-corrected chi connectivity index (χ0v) is 17.6. The molecule has 0 aliphatic carbocycles. The summed E-state index contributed by atoms with van der Waals surface area (Å²) < 4.78 is 24.9. The van der Waals surface area contributed by atoms with E-state index in [1.807, 2.05) is 6.07 Å². The van der Waals surface area contributed by atoms with Gasteiger partial charge in [-0.15, -0.1) is 0 Å². The Morgan fingerprint density at radius 1 is 0.704 bits per heavy atom. The number of aromatic amines is 1. The summed E-state index contributed by atoms with van der Waals surface area (Å²) >= 11 is 0. The fourth-order valence-corrected chi connectivity index (χ4v) is 3.46. The van der Waals surface area contributed by atoms with Gasteiger partial charge in [-0.1, -0.05) is 18.2 Å². The lowest BCUT2D eigenvalue weighted by atomic mass is 9.78. The molecule has 0 atom stereocenters. The summed E-state index contributed by atoms with van der Waals surface area (Å²) in [6.45, 7) is 16.5. The standard InChI is InChI=1S/C20H29B2NO4/c1-17(2)18(3,4)25-21(24-17)14-11-9-10-13-12-15(23-16(13)14)22-26-19(5,6)20(7,8)27-22/h9-12,23H,1-8H3.